The molecule has 10 rings (SSSR count). The maximum Gasteiger partial charge on any atom is 0.216 e. The molecular weight excluding hydrogens is 899 g/mol. The SMILES string of the molecule is [2H]C([2H])([2H])c1ccc(-c2[c-]cc(C([2H])([2H])[2H])c(-c3ccccc3)c2)nc1.[2H]C([2H])([2H])c1ccc2c(n1)oc1c(-c3cc(-c4ccc5cc(-c6ccccc6)ccc5c4C([2H])([2H])[2H])c(C([2H])([2H])[2H])cn3)[c-]ccc12.[Ir]. The van der Waals surface area contributed by atoms with Crippen LogP contribution in [0, 0.1) is 46.4 Å². The molecule has 10 aromatic rings. The van der Waals surface area contributed by atoms with Gasteiger partial charge in [0, 0.05) is 64.1 Å². The van der Waals surface area contributed by atoms with Crippen LogP contribution in [-0.4, -0.2) is 15.0 Å². The van der Waals surface area contributed by atoms with Gasteiger partial charge in [0.2, 0.25) is 5.71 Å². The molecule has 0 fully saturated rings. The quantitative estimate of drug-likeness (QED) is 0.161. The van der Waals surface area contributed by atoms with Crippen LogP contribution < -0.4 is 0 Å². The van der Waals surface area contributed by atoms with Crippen molar-refractivity contribution in [3.63, 3.8) is 0 Å². The van der Waals surface area contributed by atoms with Crippen molar-refractivity contribution in [1.82, 2.24) is 15.0 Å². The van der Waals surface area contributed by atoms with Gasteiger partial charge in [-0.3, -0.25) is 0 Å². The summed E-state index contributed by atoms with van der Waals surface area (Å²) >= 11 is 0. The Morgan fingerprint density at radius 2 is 1.37 bits per heavy atom. The first-order valence-corrected chi connectivity index (χ1v) is 18.3. The summed E-state index contributed by atoms with van der Waals surface area (Å²) in [6.07, 6.45) is 2.56. The van der Waals surface area contributed by atoms with E-state index < -0.39 is 34.3 Å². The molecule has 0 N–H and O–H groups in total. The molecule has 4 nitrogen and oxygen atoms in total. The summed E-state index contributed by atoms with van der Waals surface area (Å²) in [5.41, 5.74) is 6.19. The van der Waals surface area contributed by atoms with Gasteiger partial charge >= 0.3 is 0 Å². The Morgan fingerprint density at radius 1 is 0.559 bits per heavy atom. The first-order chi connectivity index (χ1) is 34.4. The molecular formula is C54H41IrN3O-2. The van der Waals surface area contributed by atoms with Crippen molar-refractivity contribution in [2.45, 2.75) is 34.3 Å². The van der Waals surface area contributed by atoms with E-state index in [0.717, 1.165) is 16.7 Å². The molecule has 0 amide bonds. The van der Waals surface area contributed by atoms with Gasteiger partial charge in [-0.15, -0.1) is 47.5 Å². The number of fused-ring (bicyclic) bond motifs is 4. The molecule has 0 unspecified atom stereocenters. The number of aryl methyl sites for hydroxylation is 5. The number of hydrogen-bond donors (Lipinski definition) is 0. The van der Waals surface area contributed by atoms with E-state index in [-0.39, 0.29) is 64.9 Å². The molecule has 0 aliphatic rings. The van der Waals surface area contributed by atoms with E-state index in [1.165, 1.54) is 30.6 Å². The first-order valence-electron chi connectivity index (χ1n) is 25.8. The van der Waals surface area contributed by atoms with Crippen molar-refractivity contribution in [3.05, 3.63) is 198 Å². The summed E-state index contributed by atoms with van der Waals surface area (Å²) in [7, 11) is 0. The Labute approximate surface area is 380 Å². The molecule has 0 aliphatic heterocycles. The Bertz CT molecular complexity index is 3660. The molecule has 0 saturated carbocycles. The predicted octanol–water partition coefficient (Wildman–Crippen LogP) is 14.1. The van der Waals surface area contributed by atoms with Gasteiger partial charge in [-0.05, 0) is 112 Å². The third kappa shape index (κ3) is 7.88. The van der Waals surface area contributed by atoms with E-state index in [0.29, 0.717) is 55.2 Å². The standard InChI is InChI=1S/C35H25N2O.C19H16N.Ir/c1-21-20-36-33(31-11-7-10-29-30-15-12-22(2)37-35(30)38-34(29)31)19-32(21)28-17-14-26-18-25(13-16-27(26)23(28)3)24-8-5-4-6-9-24;1-14-8-11-19(20-13-14)17-10-9-15(2)18(12-17)16-6-4-3-5-7-16;/h4-10,12-20H,1-3H3;3-9,11-13H,1-2H3;/q2*-1;/i1D3,2D3,3D3;1D3,2D3;. The van der Waals surface area contributed by atoms with E-state index in [2.05, 4.69) is 27.1 Å². The Hall–Kier alpha value is -6.52. The fourth-order valence-corrected chi connectivity index (χ4v) is 7.04. The number of furan rings is 1. The second-order valence-electron chi connectivity index (χ2n) is 13.6. The van der Waals surface area contributed by atoms with Crippen molar-refractivity contribution >= 4 is 32.8 Å². The zero-order valence-corrected chi connectivity index (χ0v) is 33.5. The molecule has 0 bridgehead atoms. The van der Waals surface area contributed by atoms with Crippen molar-refractivity contribution in [2.75, 3.05) is 0 Å². The average molecular weight is 955 g/mol. The van der Waals surface area contributed by atoms with Gasteiger partial charge in [0.25, 0.3) is 0 Å². The van der Waals surface area contributed by atoms with Crippen LogP contribution in [0.1, 0.15) is 48.5 Å². The topological polar surface area (TPSA) is 51.8 Å². The number of nitrogens with zero attached hydrogens (tertiary/aromatic N) is 3. The molecule has 0 spiro atoms. The van der Waals surface area contributed by atoms with Gasteiger partial charge in [-0.1, -0.05) is 126 Å². The van der Waals surface area contributed by atoms with Gasteiger partial charge in [-0.2, -0.15) is 0 Å². The minimum Gasteiger partial charge on any atom is -0.486 e. The smallest absolute Gasteiger partial charge is 0.216 e. The minimum atomic E-state index is -2.61. The minimum absolute atomic E-state index is 0. The molecule has 0 saturated heterocycles. The van der Waals surface area contributed by atoms with Crippen LogP contribution in [0.5, 0.6) is 0 Å². The monoisotopic (exact) mass is 955 g/mol. The molecule has 6 aromatic carbocycles. The van der Waals surface area contributed by atoms with E-state index >= 15 is 0 Å². The molecule has 4 aromatic heterocycles. The third-order valence-corrected chi connectivity index (χ3v) is 9.95. The van der Waals surface area contributed by atoms with Gasteiger partial charge in [0.1, 0.15) is 0 Å². The summed E-state index contributed by atoms with van der Waals surface area (Å²) in [6.45, 7) is -12.1. The average Bonchev–Trinajstić information content (AvgIpc) is 3.73. The number of pyridine rings is 3. The number of benzene rings is 6. The Kier molecular flexibility index (Phi) is 7.12. The molecule has 59 heavy (non-hydrogen) atoms. The van der Waals surface area contributed by atoms with Crippen molar-refractivity contribution < 1.29 is 45.1 Å². The second kappa shape index (κ2) is 16.8. The molecule has 4 heterocycles. The molecule has 0 aliphatic carbocycles. The third-order valence-electron chi connectivity index (χ3n) is 9.95. The largest absolute Gasteiger partial charge is 0.486 e. The molecule has 289 valence electrons. The summed E-state index contributed by atoms with van der Waals surface area (Å²) in [5, 5.41) is 2.43. The maximum absolute atomic E-state index is 8.55. The number of aromatic nitrogens is 3. The van der Waals surface area contributed by atoms with E-state index in [4.69, 9.17) is 25.0 Å². The van der Waals surface area contributed by atoms with Crippen LogP contribution in [0.25, 0.3) is 88.7 Å². The van der Waals surface area contributed by atoms with Gasteiger partial charge in [0.15, 0.2) is 0 Å². The molecule has 5 heteroatoms. The van der Waals surface area contributed by atoms with Crippen LogP contribution in [0.2, 0.25) is 0 Å². The Balaban J connectivity index is 0.000000229. The van der Waals surface area contributed by atoms with E-state index in [1.54, 1.807) is 54.6 Å². The Morgan fingerprint density at radius 3 is 2.14 bits per heavy atom. The molecule has 0 atom stereocenters. The molecule has 1 radical (unpaired) electrons. The number of rotatable bonds is 5. The van der Waals surface area contributed by atoms with Gasteiger partial charge < -0.3 is 14.4 Å². The van der Waals surface area contributed by atoms with E-state index in [9.17, 15) is 0 Å². The van der Waals surface area contributed by atoms with Crippen LogP contribution in [-0.2, 0) is 20.1 Å². The van der Waals surface area contributed by atoms with Crippen LogP contribution in [0.3, 0.4) is 0 Å². The number of hydrogen-bond acceptors (Lipinski definition) is 4. The van der Waals surface area contributed by atoms with Crippen LogP contribution in [0.4, 0.5) is 0 Å². The summed E-state index contributed by atoms with van der Waals surface area (Å²) in [4.78, 5) is 12.9. The van der Waals surface area contributed by atoms with Crippen LogP contribution >= 0.6 is 0 Å². The van der Waals surface area contributed by atoms with Crippen molar-refractivity contribution in [1.29, 1.82) is 0 Å². The fraction of sp³-hybridized carbons (Fsp3) is 0.0926. The summed E-state index contributed by atoms with van der Waals surface area (Å²) in [6, 6.07) is 48.4. The van der Waals surface area contributed by atoms with Gasteiger partial charge in [-0.25, -0.2) is 4.98 Å². The zero-order valence-electron chi connectivity index (χ0n) is 46.1. The summed E-state index contributed by atoms with van der Waals surface area (Å²) in [5.74, 6) is 0. The fourth-order valence-electron chi connectivity index (χ4n) is 7.04. The van der Waals surface area contributed by atoms with Crippen molar-refractivity contribution in [3.8, 4) is 55.9 Å². The predicted molar refractivity (Wildman–Crippen MR) is 240 cm³/mol. The van der Waals surface area contributed by atoms with E-state index in [1.807, 2.05) is 72.8 Å². The maximum atomic E-state index is 8.55. The van der Waals surface area contributed by atoms with Crippen molar-refractivity contribution in [2.24, 2.45) is 0 Å². The second-order valence-corrected chi connectivity index (χ2v) is 13.6. The summed E-state index contributed by atoms with van der Waals surface area (Å²) < 4.78 is 125. The van der Waals surface area contributed by atoms with Gasteiger partial charge in [0.05, 0.1) is 5.58 Å². The zero-order chi connectivity index (χ0) is 52.3. The van der Waals surface area contributed by atoms with Crippen LogP contribution in [0.15, 0.2) is 162 Å². The first kappa shape index (κ1) is 25.1. The normalized spacial score (nSPS) is 15.8.